The van der Waals surface area contributed by atoms with Gasteiger partial charge in [-0.3, -0.25) is 0 Å². The van der Waals surface area contributed by atoms with Gasteiger partial charge in [0.15, 0.2) is 17.5 Å². The van der Waals surface area contributed by atoms with Crippen molar-refractivity contribution >= 4 is 53.1 Å². The van der Waals surface area contributed by atoms with Crippen LogP contribution in [0, 0.1) is 0 Å². The molecule has 64 heavy (non-hydrogen) atoms. The average molecular weight is 830 g/mol. The maximum absolute atomic E-state index is 5.48. The summed E-state index contributed by atoms with van der Waals surface area (Å²) in [6.45, 7) is 0. The van der Waals surface area contributed by atoms with Gasteiger partial charge in [0.1, 0.15) is 0 Å². The predicted octanol–water partition coefficient (Wildman–Crippen LogP) is 15.6. The fourth-order valence-electron chi connectivity index (χ4n) is 11.1. The summed E-state index contributed by atoms with van der Waals surface area (Å²) in [7, 11) is 0. The molecule has 14 rings (SSSR count). The monoisotopic (exact) mass is 829 g/mol. The third-order valence-corrected chi connectivity index (χ3v) is 15.0. The quantitative estimate of drug-likeness (QED) is 0.177. The Hall–Kier alpha value is -8.05. The number of nitrogens with zero attached hydrogens (tertiary/aromatic N) is 3. The molecular weight excluding hydrogens is 795 g/mol. The van der Waals surface area contributed by atoms with Crippen LogP contribution >= 0.6 is 11.3 Å². The summed E-state index contributed by atoms with van der Waals surface area (Å²) in [6, 6.07) is 77.3. The first-order chi connectivity index (χ1) is 31.7. The number of aromatic nitrogens is 3. The van der Waals surface area contributed by atoms with Crippen molar-refractivity contribution in [2.24, 2.45) is 0 Å². The highest BCUT2D eigenvalue weighted by Crippen LogP contribution is 2.63. The largest absolute Gasteiger partial charge is 0.208 e. The van der Waals surface area contributed by atoms with E-state index in [1.807, 2.05) is 0 Å². The van der Waals surface area contributed by atoms with Crippen LogP contribution in [0.3, 0.4) is 0 Å². The topological polar surface area (TPSA) is 38.7 Å². The highest BCUT2D eigenvalue weighted by atomic mass is 32.1. The second-order valence-electron chi connectivity index (χ2n) is 17.0. The molecule has 0 N–H and O–H groups in total. The van der Waals surface area contributed by atoms with Crippen LogP contribution in [-0.4, -0.2) is 15.0 Å². The van der Waals surface area contributed by atoms with Gasteiger partial charge in [-0.05, 0) is 101 Å². The van der Waals surface area contributed by atoms with Gasteiger partial charge in [0, 0.05) is 36.9 Å². The molecule has 296 valence electrons. The zero-order valence-corrected chi connectivity index (χ0v) is 35.3. The van der Waals surface area contributed by atoms with Gasteiger partial charge in [0.2, 0.25) is 0 Å². The Morgan fingerprint density at radius 1 is 0.297 bits per heavy atom. The molecule has 0 fully saturated rings. The molecule has 0 radical (unpaired) electrons. The van der Waals surface area contributed by atoms with E-state index in [4.69, 9.17) is 15.0 Å². The highest BCUT2D eigenvalue weighted by Gasteiger charge is 2.51. The van der Waals surface area contributed by atoms with Crippen LogP contribution in [0.25, 0.3) is 109 Å². The summed E-state index contributed by atoms with van der Waals surface area (Å²) in [5, 5.41) is 7.16. The second kappa shape index (κ2) is 13.5. The summed E-state index contributed by atoms with van der Waals surface area (Å²) >= 11 is 1.80. The minimum Gasteiger partial charge on any atom is -0.208 e. The molecule has 2 heterocycles. The lowest BCUT2D eigenvalue weighted by molar-refractivity contribution is 0.794. The number of hydrogen-bond donors (Lipinski definition) is 0. The van der Waals surface area contributed by atoms with E-state index >= 15 is 0 Å². The lowest BCUT2D eigenvalue weighted by Crippen LogP contribution is -2.25. The molecule has 3 nitrogen and oxygen atoms in total. The predicted molar refractivity (Wildman–Crippen MR) is 266 cm³/mol. The molecule has 1 spiro atoms. The summed E-state index contributed by atoms with van der Waals surface area (Å²) in [5.41, 5.74) is 15.1. The lowest BCUT2D eigenvalue weighted by Gasteiger charge is -2.30. The first-order valence-electron chi connectivity index (χ1n) is 21.9. The van der Waals surface area contributed by atoms with Gasteiger partial charge in [-0.1, -0.05) is 188 Å². The first-order valence-corrected chi connectivity index (χ1v) is 22.7. The molecule has 12 aromatic rings. The Kier molecular flexibility index (Phi) is 7.48. The van der Waals surface area contributed by atoms with E-state index in [1.54, 1.807) is 11.3 Å². The highest BCUT2D eigenvalue weighted by molar-refractivity contribution is 7.26. The standard InChI is InChI=1S/C60H35N3S/c1-2-17-38-36(15-1)16-13-24-39(38)42-33-34-49(41-19-4-3-18-40(41)42)58-61-57(62-59(63-58)50-26-14-25-48-47-23-8-12-30-55(47)64-56(48)50)37-31-32-46-45-22-7-11-29-53(45)60(54(46)35-37)51-27-9-5-20-43(51)44-21-6-10-28-52(44)60/h1-35H. The molecule has 10 aromatic carbocycles. The number of benzene rings is 10. The van der Waals surface area contributed by atoms with Crippen LogP contribution in [0.1, 0.15) is 22.3 Å². The van der Waals surface area contributed by atoms with Gasteiger partial charge in [-0.15, -0.1) is 11.3 Å². The minimum atomic E-state index is -0.482. The molecular formula is C60H35N3S. The molecule has 0 saturated heterocycles. The molecule has 2 aromatic heterocycles. The van der Waals surface area contributed by atoms with Gasteiger partial charge in [-0.25, -0.2) is 15.0 Å². The Morgan fingerprint density at radius 2 is 0.750 bits per heavy atom. The number of thiophene rings is 1. The third-order valence-electron chi connectivity index (χ3n) is 13.8. The van der Waals surface area contributed by atoms with E-state index in [9.17, 15) is 0 Å². The molecule has 0 amide bonds. The first kappa shape index (κ1) is 35.5. The van der Waals surface area contributed by atoms with Crippen molar-refractivity contribution in [3.8, 4) is 67.5 Å². The van der Waals surface area contributed by atoms with Crippen LogP contribution < -0.4 is 0 Å². The number of rotatable bonds is 4. The summed E-state index contributed by atoms with van der Waals surface area (Å²) in [4.78, 5) is 16.4. The van der Waals surface area contributed by atoms with Crippen molar-refractivity contribution in [3.63, 3.8) is 0 Å². The maximum Gasteiger partial charge on any atom is 0.165 e. The Labute approximate surface area is 373 Å². The number of fused-ring (bicyclic) bond motifs is 15. The van der Waals surface area contributed by atoms with Gasteiger partial charge >= 0.3 is 0 Å². The van der Waals surface area contributed by atoms with Gasteiger partial charge in [-0.2, -0.15) is 0 Å². The zero-order valence-electron chi connectivity index (χ0n) is 34.5. The van der Waals surface area contributed by atoms with Crippen LogP contribution in [0.2, 0.25) is 0 Å². The summed E-state index contributed by atoms with van der Waals surface area (Å²) < 4.78 is 2.42. The molecule has 0 bridgehead atoms. The minimum absolute atomic E-state index is 0.482. The third kappa shape index (κ3) is 4.89. The van der Waals surface area contributed by atoms with Gasteiger partial charge < -0.3 is 0 Å². The fraction of sp³-hybridized carbons (Fsp3) is 0.0167. The molecule has 0 unspecified atom stereocenters. The Balaban J connectivity index is 1.03. The zero-order chi connectivity index (χ0) is 41.9. The Morgan fingerprint density at radius 3 is 1.48 bits per heavy atom. The second-order valence-corrected chi connectivity index (χ2v) is 18.0. The van der Waals surface area contributed by atoms with Crippen LogP contribution in [0.4, 0.5) is 0 Å². The van der Waals surface area contributed by atoms with E-state index in [-0.39, 0.29) is 0 Å². The van der Waals surface area contributed by atoms with Crippen molar-refractivity contribution in [2.45, 2.75) is 5.41 Å². The fourth-order valence-corrected chi connectivity index (χ4v) is 12.3. The lowest BCUT2D eigenvalue weighted by atomic mass is 9.70. The molecule has 0 aliphatic heterocycles. The van der Waals surface area contributed by atoms with Crippen LogP contribution in [0.5, 0.6) is 0 Å². The van der Waals surface area contributed by atoms with Crippen LogP contribution in [-0.2, 0) is 5.41 Å². The average Bonchev–Trinajstić information content (AvgIpc) is 4.00. The van der Waals surface area contributed by atoms with Crippen molar-refractivity contribution in [2.75, 3.05) is 0 Å². The smallest absolute Gasteiger partial charge is 0.165 e. The molecule has 2 aliphatic carbocycles. The van der Waals surface area contributed by atoms with Crippen molar-refractivity contribution < 1.29 is 0 Å². The Bertz CT molecular complexity index is 3870. The van der Waals surface area contributed by atoms with Crippen molar-refractivity contribution in [3.05, 3.63) is 235 Å². The van der Waals surface area contributed by atoms with Gasteiger partial charge in [0.25, 0.3) is 0 Å². The van der Waals surface area contributed by atoms with E-state index in [0.29, 0.717) is 17.5 Å². The van der Waals surface area contributed by atoms with Crippen LogP contribution in [0.15, 0.2) is 212 Å². The van der Waals surface area contributed by atoms with Crippen molar-refractivity contribution in [1.82, 2.24) is 15.0 Å². The summed E-state index contributed by atoms with van der Waals surface area (Å²) in [5.74, 6) is 1.96. The molecule has 2 aliphatic rings. The molecule has 4 heteroatoms. The van der Waals surface area contributed by atoms with E-state index in [0.717, 1.165) is 27.5 Å². The molecule has 0 atom stereocenters. The molecule has 0 saturated carbocycles. The van der Waals surface area contributed by atoms with E-state index < -0.39 is 5.41 Å². The van der Waals surface area contributed by atoms with Gasteiger partial charge in [0.05, 0.1) is 5.41 Å². The normalized spacial score (nSPS) is 13.1. The SMILES string of the molecule is c1ccc2c(c1)-c1ccccc1C21c2ccccc2-c2ccc(-c3nc(-c4ccc(-c5cccc6ccccc56)c5ccccc45)nc(-c4cccc5c4sc4ccccc45)n3)cc21. The maximum atomic E-state index is 5.48. The van der Waals surface area contributed by atoms with E-state index in [1.165, 1.54) is 86.6 Å². The van der Waals surface area contributed by atoms with E-state index in [2.05, 4.69) is 212 Å². The van der Waals surface area contributed by atoms with Crippen molar-refractivity contribution in [1.29, 1.82) is 0 Å². The summed E-state index contributed by atoms with van der Waals surface area (Å²) in [6.07, 6.45) is 0. The number of hydrogen-bond acceptors (Lipinski definition) is 4.